The summed E-state index contributed by atoms with van der Waals surface area (Å²) in [6, 6.07) is 54.8. The molecule has 0 saturated carbocycles. The van der Waals surface area contributed by atoms with Crippen molar-refractivity contribution in [3.8, 4) is 33.8 Å². The predicted molar refractivity (Wildman–Crippen MR) is 358 cm³/mol. The molecule has 0 aliphatic heterocycles. The van der Waals surface area contributed by atoms with Gasteiger partial charge < -0.3 is 45.0 Å². The molecule has 0 aliphatic rings. The van der Waals surface area contributed by atoms with E-state index >= 15 is 0 Å². The van der Waals surface area contributed by atoms with Crippen molar-refractivity contribution in [2.24, 2.45) is 0 Å². The Hall–Kier alpha value is -8.64. The number of nitrogens with one attached hydrogen (secondary N) is 2. The lowest BCUT2D eigenvalue weighted by Crippen LogP contribution is -3.17. The van der Waals surface area contributed by atoms with Crippen molar-refractivity contribution in [2.75, 3.05) is 54.0 Å². The summed E-state index contributed by atoms with van der Waals surface area (Å²) in [5.74, 6) is -3.73. The smallest absolute Gasteiger partial charge is 0.303 e. The number of anilines is 2. The van der Waals surface area contributed by atoms with Crippen molar-refractivity contribution in [2.45, 2.75) is 111 Å². The van der Waals surface area contributed by atoms with Crippen molar-refractivity contribution in [1.29, 1.82) is 0 Å². The van der Waals surface area contributed by atoms with Crippen LogP contribution in [0.15, 0.2) is 184 Å². The number of carboxylic acids is 2. The molecule has 0 atom stereocenters. The first-order valence-electron chi connectivity index (χ1n) is 30.6. The van der Waals surface area contributed by atoms with Crippen LogP contribution < -0.4 is 51.3 Å². The van der Waals surface area contributed by atoms with Crippen LogP contribution in [0, 0.1) is 0 Å². The van der Waals surface area contributed by atoms with Gasteiger partial charge in [0.1, 0.15) is 0 Å². The molecule has 0 unspecified atom stereocenters. The maximum Gasteiger partial charge on any atom is 0.303 e. The van der Waals surface area contributed by atoms with Crippen molar-refractivity contribution >= 4 is 43.5 Å². The Morgan fingerprint density at radius 1 is 0.533 bits per heavy atom. The van der Waals surface area contributed by atoms with Gasteiger partial charge in [-0.2, -0.15) is 8.42 Å². The third-order valence-corrected chi connectivity index (χ3v) is 16.7. The maximum atomic E-state index is 13.4. The average molecular weight is 1300 g/mol. The minimum atomic E-state index is -4.34. The SMILES string of the molecule is CC[NH+](C(C)C)C(C)C.O=C(O)CCCN(CCCS(=O)(=O)O)c1ccc(-c2c([O-])c(=[N+](Cc3ccccc3)Cc3ccccc3)c2=O)cc1.O=C(O)CCCN(CCCS(=O)(=O)[O-])c1ccc(-c2c(O)c(=O)c2=O)cc1.c1ccc(CNCc2ccccc2)cc1. The summed E-state index contributed by atoms with van der Waals surface area (Å²) in [6.07, 6.45) is 0.785. The Kier molecular flexibility index (Phi) is 29.8. The number of hydrogen-bond donors (Lipinski definition) is 6. The first-order chi connectivity index (χ1) is 43.8. The third kappa shape index (κ3) is 24.9. The summed E-state index contributed by atoms with van der Waals surface area (Å²) >= 11 is 0. The van der Waals surface area contributed by atoms with E-state index in [2.05, 4.69) is 88.5 Å². The van der Waals surface area contributed by atoms with Crippen LogP contribution >= 0.6 is 0 Å². The zero-order valence-electron chi connectivity index (χ0n) is 52.8. The van der Waals surface area contributed by atoms with E-state index in [-0.39, 0.29) is 66.4 Å². The molecule has 6 N–H and O–H groups in total. The van der Waals surface area contributed by atoms with Gasteiger partial charge in [0.15, 0.2) is 18.8 Å². The number of nitrogens with zero attached hydrogens (tertiary/aromatic N) is 3. The zero-order valence-corrected chi connectivity index (χ0v) is 54.4. The fourth-order valence-electron chi connectivity index (χ4n) is 10.6. The number of carbonyl (C=O) groups is 2. The number of carboxylic acid groups (broad SMARTS) is 2. The van der Waals surface area contributed by atoms with Crippen LogP contribution in [0.4, 0.5) is 11.4 Å². The molecule has 0 fully saturated rings. The second-order valence-corrected chi connectivity index (χ2v) is 25.8. The molecule has 492 valence electrons. The Balaban J connectivity index is 0.000000256. The third-order valence-electron chi connectivity index (χ3n) is 15.1. The molecule has 20 nitrogen and oxygen atoms in total. The maximum absolute atomic E-state index is 13.4. The van der Waals surface area contributed by atoms with Gasteiger partial charge in [0.05, 0.1) is 40.1 Å². The lowest BCUT2D eigenvalue weighted by molar-refractivity contribution is -0.940. The van der Waals surface area contributed by atoms with E-state index in [0.29, 0.717) is 61.5 Å². The van der Waals surface area contributed by atoms with Crippen LogP contribution in [-0.4, -0.2) is 110 Å². The molecule has 8 aromatic carbocycles. The fraction of sp³-hybridized carbons (Fsp3) is 0.343. The minimum absolute atomic E-state index is 0.0467. The topological polar surface area (TPSA) is 307 Å². The first kappa shape index (κ1) is 74.1. The molecular formula is C70H85N5O15S2. The van der Waals surface area contributed by atoms with Gasteiger partial charge in [-0.3, -0.25) is 28.5 Å². The molecule has 0 heterocycles. The van der Waals surface area contributed by atoms with Crippen LogP contribution in [0.3, 0.4) is 0 Å². The molecule has 0 spiro atoms. The van der Waals surface area contributed by atoms with Crippen molar-refractivity contribution in [1.82, 2.24) is 9.89 Å². The molecule has 0 saturated heterocycles. The standard InChI is InChI=1S/C31H32N2O7S.C17H19NO8S.C14H15N.C8H19N/c34-27(35)13-7-18-32(19-8-20-41(38,39)40)26-16-14-25(15-17-26)28-30(36)29(31(28)37)33(21-23-9-3-1-4-10-23)22-24-11-5-2-6-12-24;19-13(20)3-1-8-18(9-2-10-27(24,25)26)12-6-4-11(5-7-12)14-15(21)17(23)16(14)22;1-3-7-13(8-4-1)11-15-12-14-9-5-2-6-10-14;1-6-9(7(2)3)8(4)5/h1-6,9-12,14-17H,7-8,13,18-22H2,(H2-,34,35,36,37,38,39,40);4-7,21H,1-3,8-10H2,(H,19,20)(H,24,25,26);1-10,15H,11-12H2;7-8H,6H2,1-5H3. The summed E-state index contributed by atoms with van der Waals surface area (Å²) in [4.78, 5) is 62.9. The fourth-order valence-corrected chi connectivity index (χ4v) is 11.5. The molecule has 0 amide bonds. The predicted octanol–water partition coefficient (Wildman–Crippen LogP) is 6.73. The zero-order chi connectivity index (χ0) is 67.4. The van der Waals surface area contributed by atoms with E-state index in [1.54, 1.807) is 46.2 Å². The molecule has 8 rings (SSSR count). The molecular weight excluding hydrogens is 1210 g/mol. The highest BCUT2D eigenvalue weighted by Crippen LogP contribution is 2.28. The number of hydrogen-bond acceptors (Lipinski definition) is 15. The molecule has 0 radical (unpaired) electrons. The molecule has 8 aromatic rings. The van der Waals surface area contributed by atoms with Crippen LogP contribution in [0.1, 0.15) is 95.4 Å². The Morgan fingerprint density at radius 2 is 0.902 bits per heavy atom. The minimum Gasteiger partial charge on any atom is -0.867 e. The van der Waals surface area contributed by atoms with Crippen LogP contribution in [0.5, 0.6) is 11.5 Å². The van der Waals surface area contributed by atoms with E-state index in [0.717, 1.165) is 36.3 Å². The van der Waals surface area contributed by atoms with Crippen molar-refractivity contribution < 1.29 is 60.9 Å². The average Bonchev–Trinajstić information content (AvgIpc) is 0.761. The number of quaternary nitrogens is 1. The van der Waals surface area contributed by atoms with E-state index < -0.39 is 60.3 Å². The number of benzene rings is 6. The molecule has 22 heteroatoms. The van der Waals surface area contributed by atoms with Gasteiger partial charge in [-0.1, -0.05) is 146 Å². The molecule has 0 aromatic heterocycles. The summed E-state index contributed by atoms with van der Waals surface area (Å²) < 4.78 is 65.4. The highest BCUT2D eigenvalue weighted by atomic mass is 32.2. The highest BCUT2D eigenvalue weighted by molar-refractivity contribution is 7.85. The van der Waals surface area contributed by atoms with Gasteiger partial charge in [-0.15, -0.1) is 0 Å². The van der Waals surface area contributed by atoms with E-state index in [9.17, 15) is 55.6 Å². The summed E-state index contributed by atoms with van der Waals surface area (Å²) in [5, 5.41) is 44.2. The Bertz CT molecular complexity index is 3860. The normalized spacial score (nSPS) is 11.3. The lowest BCUT2D eigenvalue weighted by Gasteiger charge is -2.25. The van der Waals surface area contributed by atoms with Crippen molar-refractivity contribution in [3.63, 3.8) is 0 Å². The van der Waals surface area contributed by atoms with Gasteiger partial charge in [0.2, 0.25) is 10.8 Å². The quantitative estimate of drug-likeness (QED) is 0.0149. The summed E-state index contributed by atoms with van der Waals surface area (Å²) in [7, 11) is -8.46. The second-order valence-electron chi connectivity index (χ2n) is 22.7. The van der Waals surface area contributed by atoms with E-state index in [1.165, 1.54) is 29.8 Å². The summed E-state index contributed by atoms with van der Waals surface area (Å²) in [6.45, 7) is 16.5. The summed E-state index contributed by atoms with van der Waals surface area (Å²) in [5.41, 5.74) is 4.83. The monoisotopic (exact) mass is 1300 g/mol. The van der Waals surface area contributed by atoms with Gasteiger partial charge in [-0.05, 0) is 113 Å². The lowest BCUT2D eigenvalue weighted by atomic mass is 9.98. The number of rotatable bonds is 31. The van der Waals surface area contributed by atoms with Crippen molar-refractivity contribution in [3.05, 3.63) is 228 Å². The number of aliphatic carboxylic acids is 2. The van der Waals surface area contributed by atoms with Gasteiger partial charge in [0.25, 0.3) is 21.0 Å². The van der Waals surface area contributed by atoms with Crippen LogP contribution in [0.25, 0.3) is 22.3 Å². The largest absolute Gasteiger partial charge is 0.867 e. The van der Waals surface area contributed by atoms with Crippen LogP contribution in [-0.2, 0) is 56.0 Å². The van der Waals surface area contributed by atoms with Crippen LogP contribution in [0.2, 0.25) is 0 Å². The van der Waals surface area contributed by atoms with Gasteiger partial charge >= 0.3 is 11.9 Å². The molecule has 92 heavy (non-hydrogen) atoms. The number of aromatic hydroxyl groups is 1. The Morgan fingerprint density at radius 3 is 1.23 bits per heavy atom. The van der Waals surface area contributed by atoms with Gasteiger partial charge in [0, 0.05) is 85.9 Å². The van der Waals surface area contributed by atoms with E-state index in [4.69, 9.17) is 14.8 Å². The van der Waals surface area contributed by atoms with Gasteiger partial charge in [-0.25, -0.2) is 13.0 Å². The first-order valence-corrected chi connectivity index (χ1v) is 33.8. The molecule has 0 bridgehead atoms. The van der Waals surface area contributed by atoms with E-state index in [1.807, 2.05) is 82.3 Å². The Labute approximate surface area is 538 Å². The molecule has 0 aliphatic carbocycles. The second kappa shape index (κ2) is 37.0. The highest BCUT2D eigenvalue weighted by Gasteiger charge is 2.24.